The molecule has 3 aliphatic rings. The lowest BCUT2D eigenvalue weighted by Gasteiger charge is -2.37. The molecule has 1 amide bonds. The third-order valence-corrected chi connectivity index (χ3v) is 8.80. The number of nitrogens with zero attached hydrogens (tertiary/aromatic N) is 1. The fourth-order valence-corrected chi connectivity index (χ4v) is 7.17. The van der Waals surface area contributed by atoms with Gasteiger partial charge in [0.25, 0.3) is 0 Å². The van der Waals surface area contributed by atoms with Gasteiger partial charge in [-0.15, -0.1) is 11.3 Å². The summed E-state index contributed by atoms with van der Waals surface area (Å²) in [6.07, 6.45) is 4.01. The van der Waals surface area contributed by atoms with Crippen molar-refractivity contribution in [2.75, 3.05) is 10.2 Å². The Morgan fingerprint density at radius 1 is 0.838 bits per heavy atom. The highest BCUT2D eigenvalue weighted by Crippen LogP contribution is 2.58. The molecule has 3 aliphatic heterocycles. The Morgan fingerprint density at radius 3 is 2.41 bits per heavy atom. The smallest absolute Gasteiger partial charge is 0.238 e. The van der Waals surface area contributed by atoms with E-state index >= 15 is 0 Å². The SMILES string of the molecule is O=C(c1ccccc1)C1C(C(=O)c2cccs2)C2(C(=O)Nc3ccccc32)C2C=Cc3ccccc3N12. The van der Waals surface area contributed by atoms with Gasteiger partial charge in [-0.1, -0.05) is 84.9 Å². The number of hydrogen-bond acceptors (Lipinski definition) is 5. The van der Waals surface area contributed by atoms with Crippen molar-refractivity contribution < 1.29 is 14.4 Å². The zero-order valence-electron chi connectivity index (χ0n) is 19.7. The van der Waals surface area contributed by atoms with Crippen LogP contribution in [0.3, 0.4) is 0 Å². The summed E-state index contributed by atoms with van der Waals surface area (Å²) < 4.78 is 0. The largest absolute Gasteiger partial charge is 0.352 e. The van der Waals surface area contributed by atoms with Crippen molar-refractivity contribution in [2.24, 2.45) is 5.92 Å². The van der Waals surface area contributed by atoms with E-state index in [4.69, 9.17) is 0 Å². The van der Waals surface area contributed by atoms with E-state index in [0.717, 1.165) is 16.8 Å². The Kier molecular flexibility index (Phi) is 4.81. The summed E-state index contributed by atoms with van der Waals surface area (Å²) in [6, 6.07) is 26.7. The molecule has 1 saturated heterocycles. The number of nitrogens with one attached hydrogen (secondary N) is 1. The molecule has 1 N–H and O–H groups in total. The van der Waals surface area contributed by atoms with Crippen molar-refractivity contribution in [2.45, 2.75) is 17.5 Å². The predicted octanol–water partition coefficient (Wildman–Crippen LogP) is 5.60. The molecule has 4 heterocycles. The maximum Gasteiger partial charge on any atom is 0.238 e. The number of rotatable bonds is 4. The van der Waals surface area contributed by atoms with Crippen molar-refractivity contribution in [1.29, 1.82) is 0 Å². The van der Waals surface area contributed by atoms with Crippen LogP contribution in [0.4, 0.5) is 11.4 Å². The molecule has 3 aromatic carbocycles. The molecule has 5 nitrogen and oxygen atoms in total. The summed E-state index contributed by atoms with van der Waals surface area (Å²) in [5, 5.41) is 4.91. The van der Waals surface area contributed by atoms with Crippen LogP contribution >= 0.6 is 11.3 Å². The molecule has 37 heavy (non-hydrogen) atoms. The van der Waals surface area contributed by atoms with E-state index in [1.807, 2.05) is 95.2 Å². The van der Waals surface area contributed by atoms with Gasteiger partial charge in [0.15, 0.2) is 11.6 Å². The quantitative estimate of drug-likeness (QED) is 0.369. The molecule has 1 fully saturated rings. The lowest BCUT2D eigenvalue weighted by atomic mass is 9.64. The van der Waals surface area contributed by atoms with Gasteiger partial charge in [-0.25, -0.2) is 0 Å². The molecule has 1 aromatic heterocycles. The first-order valence-electron chi connectivity index (χ1n) is 12.3. The first kappa shape index (κ1) is 21.9. The van der Waals surface area contributed by atoms with E-state index in [9.17, 15) is 14.4 Å². The van der Waals surface area contributed by atoms with Crippen molar-refractivity contribution in [3.63, 3.8) is 0 Å². The standard InChI is InChI=1S/C31H22N2O3S/c34-28(20-10-2-1-3-11-20)27-26(29(35)24-15-8-18-37-24)31(21-12-5-6-13-22(21)32-30(31)36)25-17-16-19-9-4-7-14-23(19)33(25)27/h1-18,25-27H,(H,32,36). The number of para-hydroxylation sites is 2. The van der Waals surface area contributed by atoms with Crippen LogP contribution in [0.25, 0.3) is 6.08 Å². The van der Waals surface area contributed by atoms with Crippen LogP contribution < -0.4 is 10.2 Å². The summed E-state index contributed by atoms with van der Waals surface area (Å²) in [6.45, 7) is 0. The second-order valence-electron chi connectivity index (χ2n) is 9.63. The highest BCUT2D eigenvalue weighted by molar-refractivity contribution is 7.12. The van der Waals surface area contributed by atoms with E-state index in [2.05, 4.69) is 5.32 Å². The van der Waals surface area contributed by atoms with Gasteiger partial charge >= 0.3 is 0 Å². The van der Waals surface area contributed by atoms with Gasteiger partial charge in [-0.2, -0.15) is 0 Å². The van der Waals surface area contributed by atoms with Gasteiger partial charge < -0.3 is 10.2 Å². The molecular formula is C31H22N2O3S. The number of thiophene rings is 1. The molecule has 0 bridgehead atoms. The molecule has 1 spiro atoms. The summed E-state index contributed by atoms with van der Waals surface area (Å²) in [5.74, 6) is -1.52. The number of anilines is 2. The van der Waals surface area contributed by atoms with Gasteiger partial charge in [0.2, 0.25) is 5.91 Å². The normalized spacial score (nSPS) is 24.9. The van der Waals surface area contributed by atoms with Crippen molar-refractivity contribution in [1.82, 2.24) is 0 Å². The minimum Gasteiger partial charge on any atom is -0.352 e. The molecule has 4 aromatic rings. The Balaban J connectivity index is 1.55. The first-order chi connectivity index (χ1) is 18.1. The number of carbonyl (C=O) groups is 3. The Hall–Kier alpha value is -4.29. The Bertz CT molecular complexity index is 1590. The van der Waals surface area contributed by atoms with E-state index in [-0.39, 0.29) is 17.5 Å². The fraction of sp³-hybridized carbons (Fsp3) is 0.129. The van der Waals surface area contributed by atoms with E-state index in [1.54, 1.807) is 18.2 Å². The third kappa shape index (κ3) is 2.93. The molecule has 0 aliphatic carbocycles. The zero-order chi connectivity index (χ0) is 25.1. The fourth-order valence-electron chi connectivity index (χ4n) is 6.46. The summed E-state index contributed by atoms with van der Waals surface area (Å²) in [4.78, 5) is 45.6. The molecule has 4 atom stereocenters. The van der Waals surface area contributed by atoms with E-state index < -0.39 is 23.4 Å². The predicted molar refractivity (Wildman–Crippen MR) is 145 cm³/mol. The topological polar surface area (TPSA) is 66.5 Å². The number of ketones is 2. The maximum absolute atomic E-state index is 14.5. The number of carbonyl (C=O) groups excluding carboxylic acids is 3. The average molecular weight is 503 g/mol. The van der Waals surface area contributed by atoms with Crippen molar-refractivity contribution >= 4 is 46.3 Å². The molecule has 4 unspecified atom stereocenters. The summed E-state index contributed by atoms with van der Waals surface area (Å²) in [5.41, 5.74) is 2.51. The van der Waals surface area contributed by atoms with E-state index in [0.29, 0.717) is 16.1 Å². The van der Waals surface area contributed by atoms with Crippen molar-refractivity contribution in [3.05, 3.63) is 124 Å². The minimum absolute atomic E-state index is 0.167. The van der Waals surface area contributed by atoms with Crippen LogP contribution in [0.5, 0.6) is 0 Å². The maximum atomic E-state index is 14.5. The van der Waals surface area contributed by atoms with Gasteiger partial charge in [-0.05, 0) is 34.7 Å². The second-order valence-corrected chi connectivity index (χ2v) is 10.6. The molecule has 6 heteroatoms. The number of hydrogen-bond donors (Lipinski definition) is 1. The monoisotopic (exact) mass is 502 g/mol. The van der Waals surface area contributed by atoms with Crippen LogP contribution in [0.1, 0.15) is 31.2 Å². The van der Waals surface area contributed by atoms with Crippen LogP contribution in [0.15, 0.2) is 102 Å². The Labute approximate surface area is 218 Å². The van der Waals surface area contributed by atoms with Crippen LogP contribution in [0.2, 0.25) is 0 Å². The van der Waals surface area contributed by atoms with Gasteiger partial charge in [0.1, 0.15) is 11.5 Å². The van der Waals surface area contributed by atoms with Gasteiger partial charge in [0.05, 0.1) is 16.8 Å². The minimum atomic E-state index is -1.27. The van der Waals surface area contributed by atoms with E-state index in [1.165, 1.54) is 11.3 Å². The Morgan fingerprint density at radius 2 is 1.59 bits per heavy atom. The molecule has 0 saturated carbocycles. The van der Waals surface area contributed by atoms with Crippen LogP contribution in [-0.2, 0) is 10.2 Å². The highest BCUT2D eigenvalue weighted by Gasteiger charge is 2.70. The molecule has 7 rings (SSSR count). The third-order valence-electron chi connectivity index (χ3n) is 7.92. The lowest BCUT2D eigenvalue weighted by molar-refractivity contribution is -0.121. The number of Topliss-reactive ketones (excluding diaryl/α,β-unsaturated/α-hetero) is 2. The van der Waals surface area contributed by atoms with Crippen LogP contribution in [0, 0.1) is 5.92 Å². The van der Waals surface area contributed by atoms with Crippen molar-refractivity contribution in [3.8, 4) is 0 Å². The zero-order valence-corrected chi connectivity index (χ0v) is 20.5. The molecule has 180 valence electrons. The lowest BCUT2D eigenvalue weighted by Crippen LogP contribution is -2.51. The number of fused-ring (bicyclic) bond motifs is 6. The number of benzene rings is 3. The summed E-state index contributed by atoms with van der Waals surface area (Å²) in [7, 11) is 0. The summed E-state index contributed by atoms with van der Waals surface area (Å²) >= 11 is 1.34. The highest BCUT2D eigenvalue weighted by atomic mass is 32.1. The average Bonchev–Trinajstić information content (AvgIpc) is 3.65. The molecule has 0 radical (unpaired) electrons. The first-order valence-corrected chi connectivity index (χ1v) is 13.1. The van der Waals surface area contributed by atoms with Gasteiger partial charge in [0, 0.05) is 16.9 Å². The number of amides is 1. The van der Waals surface area contributed by atoms with Gasteiger partial charge in [-0.3, -0.25) is 14.4 Å². The second kappa shape index (κ2) is 8.11. The molecular weight excluding hydrogens is 480 g/mol. The van der Waals surface area contributed by atoms with Crippen LogP contribution in [-0.4, -0.2) is 29.6 Å².